The fourth-order valence-corrected chi connectivity index (χ4v) is 3.69. The van der Waals surface area contributed by atoms with Gasteiger partial charge in [0.05, 0.1) is 25.3 Å². The van der Waals surface area contributed by atoms with E-state index in [1.54, 1.807) is 30.1 Å². The average molecular weight is 397 g/mol. The van der Waals surface area contributed by atoms with E-state index >= 15 is 0 Å². The van der Waals surface area contributed by atoms with E-state index in [2.05, 4.69) is 12.1 Å². The molecular weight excluding hydrogens is 370 g/mol. The number of fused-ring (bicyclic) bond motifs is 1. The summed E-state index contributed by atoms with van der Waals surface area (Å²) in [5, 5.41) is 0. The minimum Gasteiger partial charge on any atom is -0.493 e. The monoisotopic (exact) mass is 397 g/mol. The highest BCUT2D eigenvalue weighted by Crippen LogP contribution is 2.33. The third-order valence-electron chi connectivity index (χ3n) is 5.22. The number of carbonyl (C=O) groups is 2. The van der Waals surface area contributed by atoms with Crippen LogP contribution in [0.1, 0.15) is 47.3 Å². The largest absolute Gasteiger partial charge is 0.493 e. The Bertz CT molecular complexity index is 879. The first-order chi connectivity index (χ1) is 14.0. The molecule has 0 aromatic heterocycles. The maximum absolute atomic E-state index is 12.7. The van der Waals surface area contributed by atoms with Gasteiger partial charge in [-0.2, -0.15) is 0 Å². The molecule has 6 nitrogen and oxygen atoms in total. The number of ether oxygens (including phenoxy) is 3. The van der Waals surface area contributed by atoms with Gasteiger partial charge in [0.25, 0.3) is 5.91 Å². The van der Waals surface area contributed by atoms with E-state index in [9.17, 15) is 9.59 Å². The fraction of sp³-hybridized carbons (Fsp3) is 0.391. The lowest BCUT2D eigenvalue weighted by atomic mass is 9.87. The van der Waals surface area contributed by atoms with Gasteiger partial charge in [-0.3, -0.25) is 4.79 Å². The Kier molecular flexibility index (Phi) is 6.75. The van der Waals surface area contributed by atoms with Gasteiger partial charge in [-0.25, -0.2) is 4.79 Å². The van der Waals surface area contributed by atoms with Crippen LogP contribution in [0.2, 0.25) is 0 Å². The number of methoxy groups -OCH3 is 1. The van der Waals surface area contributed by atoms with Crippen molar-refractivity contribution < 1.29 is 23.8 Å². The molecule has 154 valence electrons. The molecule has 0 fully saturated rings. The van der Waals surface area contributed by atoms with Crippen LogP contribution in [0.5, 0.6) is 11.5 Å². The number of hydrogen-bond acceptors (Lipinski definition) is 5. The molecule has 6 heteroatoms. The summed E-state index contributed by atoms with van der Waals surface area (Å²) in [6, 6.07) is 13.0. The van der Waals surface area contributed by atoms with Crippen LogP contribution in [0.25, 0.3) is 0 Å². The highest BCUT2D eigenvalue weighted by atomic mass is 16.5. The standard InChI is InChI=1S/C23H27NO5/c1-4-28-21-14-17(12-13-20(21)27-3)23(26)29-15-22(25)24(2)19-11-7-9-16-8-5-6-10-18(16)19/h5-6,8,10,12-14,19H,4,7,9,11,15H2,1-3H3/t19-/m1/s1. The van der Waals surface area contributed by atoms with E-state index in [1.165, 1.54) is 18.2 Å². The Balaban J connectivity index is 1.63. The molecular formula is C23H27NO5. The molecule has 3 rings (SSSR count). The van der Waals surface area contributed by atoms with Gasteiger partial charge >= 0.3 is 5.97 Å². The lowest BCUT2D eigenvalue weighted by Crippen LogP contribution is -2.36. The topological polar surface area (TPSA) is 65.1 Å². The van der Waals surface area contributed by atoms with Gasteiger partial charge in [0.2, 0.25) is 0 Å². The molecule has 2 aromatic rings. The van der Waals surface area contributed by atoms with Gasteiger partial charge in [-0.15, -0.1) is 0 Å². The second-order valence-corrected chi connectivity index (χ2v) is 6.99. The molecule has 1 aliphatic rings. The van der Waals surface area contributed by atoms with Gasteiger partial charge < -0.3 is 19.1 Å². The Morgan fingerprint density at radius 1 is 1.14 bits per heavy atom. The first kappa shape index (κ1) is 20.7. The van der Waals surface area contributed by atoms with Gasteiger partial charge in [0, 0.05) is 7.05 Å². The SMILES string of the molecule is CCOc1cc(C(=O)OCC(=O)N(C)[C@@H]2CCCc3ccccc32)ccc1OC. The summed E-state index contributed by atoms with van der Waals surface area (Å²) >= 11 is 0. The molecule has 1 amide bonds. The van der Waals surface area contributed by atoms with Gasteiger partial charge in [-0.1, -0.05) is 24.3 Å². The highest BCUT2D eigenvalue weighted by Gasteiger charge is 2.27. The molecule has 1 atom stereocenters. The summed E-state index contributed by atoms with van der Waals surface area (Å²) in [6.07, 6.45) is 2.97. The van der Waals surface area contributed by atoms with E-state index in [-0.39, 0.29) is 18.6 Å². The highest BCUT2D eigenvalue weighted by molar-refractivity contribution is 5.92. The number of carbonyl (C=O) groups excluding carboxylic acids is 2. The van der Waals surface area contributed by atoms with Crippen molar-refractivity contribution in [3.05, 3.63) is 59.2 Å². The summed E-state index contributed by atoms with van der Waals surface area (Å²) < 4.78 is 16.0. The van der Waals surface area contributed by atoms with E-state index in [4.69, 9.17) is 14.2 Å². The smallest absolute Gasteiger partial charge is 0.338 e. The molecule has 0 unspecified atom stereocenters. The predicted octanol–water partition coefficient (Wildman–Crippen LogP) is 3.79. The van der Waals surface area contributed by atoms with Crippen molar-refractivity contribution in [3.63, 3.8) is 0 Å². The maximum atomic E-state index is 12.7. The molecule has 0 bridgehead atoms. The summed E-state index contributed by atoms with van der Waals surface area (Å²) in [4.78, 5) is 26.8. The third kappa shape index (κ3) is 4.70. The third-order valence-corrected chi connectivity index (χ3v) is 5.22. The lowest BCUT2D eigenvalue weighted by molar-refractivity contribution is -0.135. The van der Waals surface area contributed by atoms with Crippen molar-refractivity contribution >= 4 is 11.9 Å². The average Bonchev–Trinajstić information content (AvgIpc) is 2.76. The molecule has 0 saturated carbocycles. The van der Waals surface area contributed by atoms with Crippen LogP contribution in [0.4, 0.5) is 0 Å². The summed E-state index contributed by atoms with van der Waals surface area (Å²) in [6.45, 7) is 1.99. The number of aryl methyl sites for hydroxylation is 1. The zero-order valence-corrected chi connectivity index (χ0v) is 17.1. The first-order valence-corrected chi connectivity index (χ1v) is 9.86. The first-order valence-electron chi connectivity index (χ1n) is 9.86. The van der Waals surface area contributed by atoms with Crippen molar-refractivity contribution in [3.8, 4) is 11.5 Å². The lowest BCUT2D eigenvalue weighted by Gasteiger charge is -2.33. The molecule has 29 heavy (non-hydrogen) atoms. The van der Waals surface area contributed by atoms with Crippen LogP contribution in [0.3, 0.4) is 0 Å². The number of hydrogen-bond donors (Lipinski definition) is 0. The van der Waals surface area contributed by atoms with E-state index in [0.29, 0.717) is 23.7 Å². The van der Waals surface area contributed by atoms with Gasteiger partial charge in [0.1, 0.15) is 0 Å². The Labute approximate surface area is 171 Å². The van der Waals surface area contributed by atoms with Crippen LogP contribution >= 0.6 is 0 Å². The molecule has 0 N–H and O–H groups in total. The van der Waals surface area contributed by atoms with E-state index < -0.39 is 5.97 Å². The number of rotatable bonds is 7. The minimum absolute atomic E-state index is 0.0108. The fourth-order valence-electron chi connectivity index (χ4n) is 3.69. The Hall–Kier alpha value is -3.02. The molecule has 0 radical (unpaired) electrons. The predicted molar refractivity (Wildman–Crippen MR) is 109 cm³/mol. The van der Waals surface area contributed by atoms with Gasteiger partial charge in [0.15, 0.2) is 18.1 Å². The molecule has 1 aliphatic carbocycles. The van der Waals surface area contributed by atoms with Crippen molar-refractivity contribution in [2.45, 2.75) is 32.2 Å². The number of likely N-dealkylation sites (N-methyl/N-ethyl adjacent to an activating group) is 1. The number of esters is 1. The van der Waals surface area contributed by atoms with Crippen LogP contribution in [0, 0.1) is 0 Å². The van der Waals surface area contributed by atoms with Crippen molar-refractivity contribution in [2.75, 3.05) is 27.4 Å². The van der Waals surface area contributed by atoms with Gasteiger partial charge in [-0.05, 0) is 55.5 Å². The van der Waals surface area contributed by atoms with Crippen LogP contribution < -0.4 is 9.47 Å². The number of benzene rings is 2. The number of amides is 1. The summed E-state index contributed by atoms with van der Waals surface area (Å²) in [5.41, 5.74) is 2.77. The molecule has 0 saturated heterocycles. The van der Waals surface area contributed by atoms with Crippen molar-refractivity contribution in [1.82, 2.24) is 4.90 Å². The summed E-state index contributed by atoms with van der Waals surface area (Å²) in [7, 11) is 3.30. The Morgan fingerprint density at radius 2 is 1.93 bits per heavy atom. The van der Waals surface area contributed by atoms with Crippen molar-refractivity contribution in [2.24, 2.45) is 0 Å². The Morgan fingerprint density at radius 3 is 2.69 bits per heavy atom. The normalized spacial score (nSPS) is 15.2. The minimum atomic E-state index is -0.570. The zero-order chi connectivity index (χ0) is 20.8. The zero-order valence-electron chi connectivity index (χ0n) is 17.1. The van der Waals surface area contributed by atoms with E-state index in [1.807, 2.05) is 19.1 Å². The van der Waals surface area contributed by atoms with Crippen LogP contribution in [-0.2, 0) is 16.0 Å². The molecule has 0 heterocycles. The maximum Gasteiger partial charge on any atom is 0.338 e. The quantitative estimate of drug-likeness (QED) is 0.665. The molecule has 2 aromatic carbocycles. The second kappa shape index (κ2) is 9.45. The molecule has 0 spiro atoms. The van der Waals surface area contributed by atoms with Crippen molar-refractivity contribution in [1.29, 1.82) is 0 Å². The van der Waals surface area contributed by atoms with E-state index in [0.717, 1.165) is 19.3 Å². The van der Waals surface area contributed by atoms with Crippen LogP contribution in [0.15, 0.2) is 42.5 Å². The number of nitrogens with zero attached hydrogens (tertiary/aromatic N) is 1. The second-order valence-electron chi connectivity index (χ2n) is 6.99. The molecule has 0 aliphatic heterocycles. The van der Waals surface area contributed by atoms with Crippen LogP contribution in [-0.4, -0.2) is 44.1 Å². The summed E-state index contributed by atoms with van der Waals surface area (Å²) in [5.74, 6) is 0.208.